The van der Waals surface area contributed by atoms with Crippen LogP contribution < -0.4 is 5.56 Å². The number of para-hydroxylation sites is 1. The molecule has 5 heteroatoms. The number of benzene rings is 3. The lowest BCUT2D eigenvalue weighted by molar-refractivity contribution is 0.627. The molecular formula is C22H17FN2OS. The second-order valence-electron chi connectivity index (χ2n) is 6.31. The summed E-state index contributed by atoms with van der Waals surface area (Å²) in [5.41, 5.74) is 3.46. The number of aromatic nitrogens is 2. The standard InChI is InChI=1S/C22H17FN2OS/c1-15-5-4-6-16(13-15)14-27-22-24-20-8-3-2-7-19(20)21(26)25(22)18-11-9-17(23)10-12-18/h2-13H,14H2,1H3. The van der Waals surface area contributed by atoms with E-state index in [9.17, 15) is 9.18 Å². The molecule has 0 saturated heterocycles. The largest absolute Gasteiger partial charge is 0.268 e. The van der Waals surface area contributed by atoms with Crippen molar-refractivity contribution in [1.29, 1.82) is 0 Å². The summed E-state index contributed by atoms with van der Waals surface area (Å²) in [6.07, 6.45) is 0. The molecule has 0 spiro atoms. The van der Waals surface area contributed by atoms with Crippen LogP contribution in [-0.4, -0.2) is 9.55 Å². The fourth-order valence-corrected chi connectivity index (χ4v) is 3.93. The Hall–Kier alpha value is -2.92. The smallest absolute Gasteiger partial charge is 0.266 e. The van der Waals surface area contributed by atoms with Gasteiger partial charge in [-0.3, -0.25) is 9.36 Å². The van der Waals surface area contributed by atoms with Gasteiger partial charge in [-0.25, -0.2) is 9.37 Å². The second-order valence-corrected chi connectivity index (χ2v) is 7.25. The van der Waals surface area contributed by atoms with E-state index in [2.05, 4.69) is 25.1 Å². The fourth-order valence-electron chi connectivity index (χ4n) is 2.98. The first-order valence-electron chi connectivity index (χ1n) is 8.58. The van der Waals surface area contributed by atoms with Crippen molar-refractivity contribution in [1.82, 2.24) is 9.55 Å². The van der Waals surface area contributed by atoms with Gasteiger partial charge in [0.25, 0.3) is 5.56 Å². The maximum atomic E-state index is 13.4. The molecule has 0 atom stereocenters. The van der Waals surface area contributed by atoms with Crippen LogP contribution >= 0.6 is 11.8 Å². The van der Waals surface area contributed by atoms with Gasteiger partial charge >= 0.3 is 0 Å². The van der Waals surface area contributed by atoms with E-state index in [1.54, 1.807) is 22.8 Å². The molecule has 0 aliphatic heterocycles. The summed E-state index contributed by atoms with van der Waals surface area (Å²) < 4.78 is 14.9. The number of nitrogens with zero attached hydrogens (tertiary/aromatic N) is 2. The summed E-state index contributed by atoms with van der Waals surface area (Å²) in [5.74, 6) is 0.350. The zero-order valence-corrected chi connectivity index (χ0v) is 15.5. The van der Waals surface area contributed by atoms with E-state index >= 15 is 0 Å². The fraction of sp³-hybridized carbons (Fsp3) is 0.0909. The minimum absolute atomic E-state index is 0.154. The molecule has 0 radical (unpaired) electrons. The van der Waals surface area contributed by atoms with Crippen LogP contribution in [0.25, 0.3) is 16.6 Å². The van der Waals surface area contributed by atoms with Crippen LogP contribution in [0, 0.1) is 12.7 Å². The molecular weight excluding hydrogens is 359 g/mol. The van der Waals surface area contributed by atoms with E-state index in [0.717, 1.165) is 5.56 Å². The van der Waals surface area contributed by atoms with Crippen molar-refractivity contribution in [2.75, 3.05) is 0 Å². The predicted octanol–water partition coefficient (Wildman–Crippen LogP) is 5.13. The zero-order chi connectivity index (χ0) is 18.8. The Bertz CT molecular complexity index is 1170. The molecule has 0 amide bonds. The number of thioether (sulfide) groups is 1. The van der Waals surface area contributed by atoms with Crippen molar-refractivity contribution >= 4 is 22.7 Å². The third kappa shape index (κ3) is 3.64. The minimum atomic E-state index is -0.338. The SMILES string of the molecule is Cc1cccc(CSc2nc3ccccc3c(=O)n2-c2ccc(F)cc2)c1. The second kappa shape index (κ2) is 7.37. The van der Waals surface area contributed by atoms with Gasteiger partial charge in [0, 0.05) is 5.75 Å². The van der Waals surface area contributed by atoms with Crippen molar-refractivity contribution in [3.05, 3.63) is 100 Å². The Morgan fingerprint density at radius 1 is 1.00 bits per heavy atom. The molecule has 3 nitrogen and oxygen atoms in total. The zero-order valence-electron chi connectivity index (χ0n) is 14.7. The topological polar surface area (TPSA) is 34.9 Å². The first-order valence-corrected chi connectivity index (χ1v) is 9.56. The summed E-state index contributed by atoms with van der Waals surface area (Å²) in [5, 5.41) is 1.13. The monoisotopic (exact) mass is 376 g/mol. The average molecular weight is 376 g/mol. The van der Waals surface area contributed by atoms with E-state index in [0.29, 0.717) is 27.5 Å². The predicted molar refractivity (Wildman–Crippen MR) is 108 cm³/mol. The Balaban J connectivity index is 1.83. The third-order valence-electron chi connectivity index (χ3n) is 4.28. The highest BCUT2D eigenvalue weighted by Gasteiger charge is 2.13. The molecule has 134 valence electrons. The van der Waals surface area contributed by atoms with Gasteiger partial charge in [-0.2, -0.15) is 0 Å². The van der Waals surface area contributed by atoms with Gasteiger partial charge in [0.05, 0.1) is 16.6 Å². The number of rotatable bonds is 4. The highest BCUT2D eigenvalue weighted by atomic mass is 32.2. The molecule has 0 fully saturated rings. The summed E-state index contributed by atoms with van der Waals surface area (Å²) >= 11 is 1.49. The van der Waals surface area contributed by atoms with Crippen LogP contribution in [0.3, 0.4) is 0 Å². The highest BCUT2D eigenvalue weighted by molar-refractivity contribution is 7.98. The van der Waals surface area contributed by atoms with Crippen LogP contribution in [0.15, 0.2) is 82.7 Å². The molecule has 0 aliphatic rings. The molecule has 0 aliphatic carbocycles. The summed E-state index contributed by atoms with van der Waals surface area (Å²) in [6, 6.07) is 21.4. The van der Waals surface area contributed by atoms with Crippen LogP contribution in [-0.2, 0) is 5.75 Å². The lowest BCUT2D eigenvalue weighted by Gasteiger charge is -2.13. The Kier molecular flexibility index (Phi) is 4.77. The molecule has 4 rings (SSSR count). The molecule has 1 aromatic heterocycles. The van der Waals surface area contributed by atoms with E-state index in [4.69, 9.17) is 4.98 Å². The van der Waals surface area contributed by atoms with E-state index < -0.39 is 0 Å². The average Bonchev–Trinajstić information content (AvgIpc) is 2.68. The van der Waals surface area contributed by atoms with E-state index in [1.807, 2.05) is 24.3 Å². The molecule has 4 aromatic rings. The lowest BCUT2D eigenvalue weighted by atomic mass is 10.2. The quantitative estimate of drug-likeness (QED) is 0.366. The minimum Gasteiger partial charge on any atom is -0.268 e. The van der Waals surface area contributed by atoms with E-state index in [-0.39, 0.29) is 11.4 Å². The number of fused-ring (bicyclic) bond motifs is 1. The summed E-state index contributed by atoms with van der Waals surface area (Å²) in [4.78, 5) is 17.8. The number of hydrogen-bond donors (Lipinski definition) is 0. The summed E-state index contributed by atoms with van der Waals surface area (Å²) in [7, 11) is 0. The number of aryl methyl sites for hydroxylation is 1. The Morgan fingerprint density at radius 3 is 2.56 bits per heavy atom. The van der Waals surface area contributed by atoms with Crippen molar-refractivity contribution in [2.45, 2.75) is 17.8 Å². The highest BCUT2D eigenvalue weighted by Crippen LogP contribution is 2.25. The Labute approximate surface area is 160 Å². The molecule has 0 saturated carbocycles. The molecule has 27 heavy (non-hydrogen) atoms. The molecule has 3 aromatic carbocycles. The van der Waals surface area contributed by atoms with Crippen LogP contribution in [0.1, 0.15) is 11.1 Å². The molecule has 0 unspecified atom stereocenters. The summed E-state index contributed by atoms with van der Waals surface area (Å²) in [6.45, 7) is 2.05. The first-order chi connectivity index (χ1) is 13.1. The maximum absolute atomic E-state index is 13.4. The van der Waals surface area contributed by atoms with Gasteiger partial charge in [-0.05, 0) is 48.9 Å². The molecule has 1 heterocycles. The van der Waals surface area contributed by atoms with Crippen molar-refractivity contribution in [3.8, 4) is 5.69 Å². The van der Waals surface area contributed by atoms with Crippen molar-refractivity contribution in [3.63, 3.8) is 0 Å². The van der Waals surface area contributed by atoms with Crippen molar-refractivity contribution in [2.24, 2.45) is 0 Å². The first kappa shape index (κ1) is 17.5. The van der Waals surface area contributed by atoms with Gasteiger partial charge in [0.15, 0.2) is 5.16 Å². The van der Waals surface area contributed by atoms with Crippen molar-refractivity contribution < 1.29 is 4.39 Å². The van der Waals surface area contributed by atoms with Crippen LogP contribution in [0.2, 0.25) is 0 Å². The maximum Gasteiger partial charge on any atom is 0.266 e. The molecule has 0 N–H and O–H groups in total. The van der Waals surface area contributed by atoms with Gasteiger partial charge in [-0.15, -0.1) is 0 Å². The van der Waals surface area contributed by atoms with Gasteiger partial charge in [0.2, 0.25) is 0 Å². The number of halogens is 1. The van der Waals surface area contributed by atoms with Crippen LogP contribution in [0.5, 0.6) is 0 Å². The van der Waals surface area contributed by atoms with Gasteiger partial charge in [0.1, 0.15) is 5.82 Å². The lowest BCUT2D eigenvalue weighted by Crippen LogP contribution is -2.21. The third-order valence-corrected chi connectivity index (χ3v) is 5.29. The number of hydrogen-bond acceptors (Lipinski definition) is 3. The van der Waals surface area contributed by atoms with E-state index in [1.165, 1.54) is 29.5 Å². The van der Waals surface area contributed by atoms with Crippen LogP contribution in [0.4, 0.5) is 4.39 Å². The normalized spacial score (nSPS) is 11.0. The van der Waals surface area contributed by atoms with Gasteiger partial charge < -0.3 is 0 Å². The van der Waals surface area contributed by atoms with Gasteiger partial charge in [-0.1, -0.05) is 53.7 Å². The molecule has 0 bridgehead atoms. The Morgan fingerprint density at radius 2 is 1.78 bits per heavy atom.